The van der Waals surface area contributed by atoms with E-state index in [0.717, 1.165) is 24.5 Å². The van der Waals surface area contributed by atoms with Gasteiger partial charge in [-0.05, 0) is 52.2 Å². The Morgan fingerprint density at radius 2 is 1.90 bits per heavy atom. The standard InChI is InChI=1S/C16H27N3OS/c1-13(18(5)21(20)16(2,3)4)14-8-9-15(17-12-14)19-10-6-7-11-19/h8-9,12-13H,6-7,10-11H2,1-5H3/t13-,21?/m0/s1. The van der Waals surface area contributed by atoms with E-state index in [1.54, 1.807) is 0 Å². The molecule has 1 unspecified atom stereocenters. The molecule has 0 aliphatic carbocycles. The topological polar surface area (TPSA) is 42.4 Å². The minimum Gasteiger partial charge on any atom is -0.597 e. The molecule has 1 fully saturated rings. The quantitative estimate of drug-likeness (QED) is 0.801. The lowest BCUT2D eigenvalue weighted by Crippen LogP contribution is -2.41. The van der Waals surface area contributed by atoms with Crippen molar-refractivity contribution in [3.8, 4) is 0 Å². The third kappa shape index (κ3) is 3.90. The summed E-state index contributed by atoms with van der Waals surface area (Å²) in [5.74, 6) is 1.06. The van der Waals surface area contributed by atoms with Crippen LogP contribution in [0.15, 0.2) is 18.3 Å². The second-order valence-corrected chi connectivity index (χ2v) is 9.03. The Morgan fingerprint density at radius 1 is 1.29 bits per heavy atom. The number of hydrogen-bond acceptors (Lipinski definition) is 4. The zero-order chi connectivity index (χ0) is 15.6. The molecule has 21 heavy (non-hydrogen) atoms. The molecular formula is C16H27N3OS. The third-order valence-corrected chi connectivity index (χ3v) is 5.90. The Balaban J connectivity index is 2.07. The first kappa shape index (κ1) is 16.6. The number of anilines is 1. The van der Waals surface area contributed by atoms with Crippen LogP contribution in [-0.4, -0.2) is 38.7 Å². The summed E-state index contributed by atoms with van der Waals surface area (Å²) in [5, 5.41) is 0. The van der Waals surface area contributed by atoms with Gasteiger partial charge in [0.2, 0.25) is 0 Å². The summed E-state index contributed by atoms with van der Waals surface area (Å²) in [7, 11) is 1.92. The van der Waals surface area contributed by atoms with Crippen LogP contribution in [-0.2, 0) is 11.4 Å². The van der Waals surface area contributed by atoms with Gasteiger partial charge in [-0.25, -0.2) is 4.98 Å². The molecule has 1 saturated heterocycles. The lowest BCUT2D eigenvalue weighted by atomic mass is 10.1. The smallest absolute Gasteiger partial charge is 0.137 e. The van der Waals surface area contributed by atoms with E-state index in [2.05, 4.69) is 28.9 Å². The SMILES string of the molecule is C[C@@H](c1ccc(N2CCCC2)nc1)N(C)[S+]([O-])C(C)(C)C. The lowest BCUT2D eigenvalue weighted by molar-refractivity contribution is 0.382. The maximum absolute atomic E-state index is 12.5. The summed E-state index contributed by atoms with van der Waals surface area (Å²) in [5.41, 5.74) is 1.11. The molecule has 1 aliphatic rings. The molecule has 2 heterocycles. The zero-order valence-electron chi connectivity index (χ0n) is 13.8. The highest BCUT2D eigenvalue weighted by molar-refractivity contribution is 7.90. The Labute approximate surface area is 131 Å². The summed E-state index contributed by atoms with van der Waals surface area (Å²) in [6.07, 6.45) is 4.44. The molecule has 0 amide bonds. The number of hydrogen-bond donors (Lipinski definition) is 0. The first-order valence-corrected chi connectivity index (χ1v) is 8.77. The number of aromatic nitrogens is 1. The van der Waals surface area contributed by atoms with Gasteiger partial charge in [0.25, 0.3) is 0 Å². The van der Waals surface area contributed by atoms with E-state index in [1.807, 2.05) is 38.3 Å². The molecule has 0 bridgehead atoms. The molecule has 5 heteroatoms. The van der Waals surface area contributed by atoms with Crippen molar-refractivity contribution in [1.29, 1.82) is 0 Å². The van der Waals surface area contributed by atoms with Crippen LogP contribution in [0.1, 0.15) is 52.1 Å². The second kappa shape index (κ2) is 6.55. The van der Waals surface area contributed by atoms with Crippen molar-refractivity contribution in [2.75, 3.05) is 25.0 Å². The van der Waals surface area contributed by atoms with E-state index < -0.39 is 11.4 Å². The minimum atomic E-state index is -1.02. The lowest BCUT2D eigenvalue weighted by Gasteiger charge is -2.33. The molecule has 1 aliphatic heterocycles. The van der Waals surface area contributed by atoms with Gasteiger partial charge in [0.05, 0.1) is 6.04 Å². The highest BCUT2D eigenvalue weighted by atomic mass is 32.2. The highest BCUT2D eigenvalue weighted by Gasteiger charge is 2.34. The predicted octanol–water partition coefficient (Wildman–Crippen LogP) is 3.14. The van der Waals surface area contributed by atoms with E-state index in [9.17, 15) is 4.55 Å². The molecule has 0 aromatic carbocycles. The second-order valence-electron chi connectivity index (χ2n) is 6.73. The summed E-state index contributed by atoms with van der Waals surface area (Å²) in [4.78, 5) is 6.91. The van der Waals surface area contributed by atoms with Crippen molar-refractivity contribution < 1.29 is 4.55 Å². The first-order chi connectivity index (χ1) is 9.80. The Kier molecular flexibility index (Phi) is 5.17. The van der Waals surface area contributed by atoms with Gasteiger partial charge in [0, 0.05) is 37.7 Å². The van der Waals surface area contributed by atoms with Gasteiger partial charge in [0.1, 0.15) is 10.6 Å². The van der Waals surface area contributed by atoms with Crippen LogP contribution in [0, 0.1) is 0 Å². The molecule has 0 radical (unpaired) electrons. The fraction of sp³-hybridized carbons (Fsp3) is 0.688. The largest absolute Gasteiger partial charge is 0.597 e. The van der Waals surface area contributed by atoms with E-state index >= 15 is 0 Å². The van der Waals surface area contributed by atoms with Crippen molar-refractivity contribution >= 4 is 17.2 Å². The molecule has 1 aromatic heterocycles. The highest BCUT2D eigenvalue weighted by Crippen LogP contribution is 2.28. The fourth-order valence-corrected chi connectivity index (χ4v) is 3.84. The van der Waals surface area contributed by atoms with E-state index in [4.69, 9.17) is 0 Å². The van der Waals surface area contributed by atoms with Crippen LogP contribution < -0.4 is 4.90 Å². The number of pyridine rings is 1. The molecule has 118 valence electrons. The number of rotatable bonds is 4. The van der Waals surface area contributed by atoms with Crippen molar-refractivity contribution in [2.24, 2.45) is 0 Å². The maximum atomic E-state index is 12.5. The minimum absolute atomic E-state index is 0.0881. The van der Waals surface area contributed by atoms with Gasteiger partial charge < -0.3 is 9.45 Å². The van der Waals surface area contributed by atoms with Crippen LogP contribution >= 0.6 is 0 Å². The average molecular weight is 309 g/mol. The van der Waals surface area contributed by atoms with Gasteiger partial charge in [-0.2, -0.15) is 0 Å². The molecule has 0 saturated carbocycles. The van der Waals surface area contributed by atoms with Crippen LogP contribution in [0.3, 0.4) is 0 Å². The monoisotopic (exact) mass is 309 g/mol. The van der Waals surface area contributed by atoms with Crippen LogP contribution in [0.2, 0.25) is 0 Å². The van der Waals surface area contributed by atoms with E-state index in [1.165, 1.54) is 12.8 Å². The average Bonchev–Trinajstić information content (AvgIpc) is 2.98. The van der Waals surface area contributed by atoms with E-state index in [-0.39, 0.29) is 10.8 Å². The molecule has 0 spiro atoms. The first-order valence-electron chi connectivity index (χ1n) is 7.66. The van der Waals surface area contributed by atoms with Gasteiger partial charge in [-0.15, -0.1) is 4.31 Å². The summed E-state index contributed by atoms with van der Waals surface area (Å²) in [6, 6.07) is 4.29. The van der Waals surface area contributed by atoms with Crippen LogP contribution in [0.4, 0.5) is 5.82 Å². The molecule has 4 nitrogen and oxygen atoms in total. The van der Waals surface area contributed by atoms with Crippen LogP contribution in [0.25, 0.3) is 0 Å². The maximum Gasteiger partial charge on any atom is 0.137 e. The molecule has 2 rings (SSSR count). The zero-order valence-corrected chi connectivity index (χ0v) is 14.6. The molecule has 0 N–H and O–H groups in total. The van der Waals surface area contributed by atoms with Crippen molar-refractivity contribution in [3.63, 3.8) is 0 Å². The normalized spacial score (nSPS) is 19.1. The molecular weight excluding hydrogens is 282 g/mol. The Hall–Kier alpha value is -0.780. The molecule has 2 atom stereocenters. The van der Waals surface area contributed by atoms with E-state index in [0.29, 0.717) is 0 Å². The fourth-order valence-electron chi connectivity index (χ4n) is 2.56. The Morgan fingerprint density at radius 3 is 2.38 bits per heavy atom. The van der Waals surface area contributed by atoms with Gasteiger partial charge in [0.15, 0.2) is 0 Å². The van der Waals surface area contributed by atoms with Crippen molar-refractivity contribution in [1.82, 2.24) is 9.29 Å². The van der Waals surface area contributed by atoms with Gasteiger partial charge >= 0.3 is 0 Å². The van der Waals surface area contributed by atoms with Crippen molar-refractivity contribution in [3.05, 3.63) is 23.9 Å². The summed E-state index contributed by atoms with van der Waals surface area (Å²) >= 11 is -1.02. The Bertz CT molecular complexity index is 452. The third-order valence-electron chi connectivity index (χ3n) is 4.01. The van der Waals surface area contributed by atoms with Gasteiger partial charge in [-0.3, -0.25) is 0 Å². The number of nitrogens with zero attached hydrogens (tertiary/aromatic N) is 3. The predicted molar refractivity (Wildman–Crippen MR) is 89.8 cm³/mol. The van der Waals surface area contributed by atoms with Crippen molar-refractivity contribution in [2.45, 2.75) is 51.3 Å². The van der Waals surface area contributed by atoms with Crippen LogP contribution in [0.5, 0.6) is 0 Å². The summed E-state index contributed by atoms with van der Waals surface area (Å²) in [6.45, 7) is 10.3. The van der Waals surface area contributed by atoms with Gasteiger partial charge in [-0.1, -0.05) is 6.07 Å². The summed E-state index contributed by atoms with van der Waals surface area (Å²) < 4.78 is 14.1. The molecule has 1 aromatic rings.